The molecule has 0 aromatic rings. The highest BCUT2D eigenvalue weighted by molar-refractivity contribution is 5.93. The van der Waals surface area contributed by atoms with Gasteiger partial charge in [-0.25, -0.2) is 0 Å². The van der Waals surface area contributed by atoms with Crippen LogP contribution in [0, 0.1) is 10.8 Å². The van der Waals surface area contributed by atoms with Crippen molar-refractivity contribution in [3.63, 3.8) is 0 Å². The third kappa shape index (κ3) is 1.63. The highest BCUT2D eigenvalue weighted by Gasteiger charge is 2.52. The molecule has 0 N–H and O–H groups in total. The van der Waals surface area contributed by atoms with Crippen molar-refractivity contribution in [2.75, 3.05) is 7.11 Å². The molecule has 0 bridgehead atoms. The van der Waals surface area contributed by atoms with Crippen molar-refractivity contribution in [1.82, 2.24) is 0 Å². The zero-order valence-corrected chi connectivity index (χ0v) is 10.8. The van der Waals surface area contributed by atoms with Gasteiger partial charge in [0.1, 0.15) is 5.78 Å². The van der Waals surface area contributed by atoms with E-state index in [4.69, 9.17) is 4.74 Å². The number of ether oxygens (including phenoxy) is 1. The summed E-state index contributed by atoms with van der Waals surface area (Å²) in [5.74, 6) is 0.0780. The second-order valence-corrected chi connectivity index (χ2v) is 5.59. The van der Waals surface area contributed by atoms with Crippen molar-refractivity contribution >= 4 is 11.8 Å². The van der Waals surface area contributed by atoms with E-state index in [2.05, 4.69) is 6.08 Å². The third-order valence-electron chi connectivity index (χ3n) is 4.51. The number of fused-ring (bicyclic) bond motifs is 1. The van der Waals surface area contributed by atoms with Crippen LogP contribution in [0.4, 0.5) is 0 Å². The van der Waals surface area contributed by atoms with Gasteiger partial charge in [-0.3, -0.25) is 9.59 Å². The Bertz CT molecular complexity index is 396. The number of carbonyl (C=O) groups excluding carboxylic acids is 2. The van der Waals surface area contributed by atoms with Crippen molar-refractivity contribution < 1.29 is 14.3 Å². The molecule has 0 amide bonds. The van der Waals surface area contributed by atoms with Gasteiger partial charge < -0.3 is 4.74 Å². The van der Waals surface area contributed by atoms with Crippen LogP contribution in [0.1, 0.15) is 46.0 Å². The number of hydrogen-bond donors (Lipinski definition) is 0. The Kier molecular flexibility index (Phi) is 2.88. The van der Waals surface area contributed by atoms with Gasteiger partial charge in [0.2, 0.25) is 0 Å². The Balaban J connectivity index is 2.48. The van der Waals surface area contributed by atoms with Crippen LogP contribution in [0.5, 0.6) is 0 Å². The van der Waals surface area contributed by atoms with Gasteiger partial charge >= 0.3 is 5.97 Å². The van der Waals surface area contributed by atoms with Crippen LogP contribution in [0.3, 0.4) is 0 Å². The topological polar surface area (TPSA) is 43.4 Å². The summed E-state index contributed by atoms with van der Waals surface area (Å²) in [4.78, 5) is 24.2. The summed E-state index contributed by atoms with van der Waals surface area (Å²) in [6.45, 7) is 3.90. The quantitative estimate of drug-likeness (QED) is 0.519. The van der Waals surface area contributed by atoms with Gasteiger partial charge in [-0.1, -0.05) is 12.5 Å². The first-order chi connectivity index (χ1) is 7.95. The minimum atomic E-state index is -0.599. The minimum absolute atomic E-state index is 0.204. The van der Waals surface area contributed by atoms with Gasteiger partial charge in [-0.2, -0.15) is 0 Å². The van der Waals surface area contributed by atoms with Crippen LogP contribution in [0.2, 0.25) is 0 Å². The molecule has 17 heavy (non-hydrogen) atoms. The fourth-order valence-electron chi connectivity index (χ4n) is 3.47. The van der Waals surface area contributed by atoms with Gasteiger partial charge in [0.25, 0.3) is 0 Å². The van der Waals surface area contributed by atoms with Gasteiger partial charge in [0.05, 0.1) is 12.5 Å². The molecule has 0 saturated heterocycles. The molecule has 1 saturated carbocycles. The van der Waals surface area contributed by atoms with Crippen LogP contribution in [0.15, 0.2) is 11.6 Å². The molecule has 94 valence electrons. The Morgan fingerprint density at radius 3 is 2.71 bits per heavy atom. The summed E-state index contributed by atoms with van der Waals surface area (Å²) in [6, 6.07) is 0. The lowest BCUT2D eigenvalue weighted by atomic mass is 9.56. The van der Waals surface area contributed by atoms with Crippen LogP contribution in [-0.2, 0) is 14.3 Å². The van der Waals surface area contributed by atoms with Crippen molar-refractivity contribution in [3.8, 4) is 0 Å². The highest BCUT2D eigenvalue weighted by Crippen LogP contribution is 2.54. The van der Waals surface area contributed by atoms with E-state index in [1.54, 1.807) is 0 Å². The van der Waals surface area contributed by atoms with Crippen LogP contribution in [0.25, 0.3) is 0 Å². The van der Waals surface area contributed by atoms with E-state index >= 15 is 0 Å². The molecule has 0 aliphatic heterocycles. The molecule has 0 aromatic carbocycles. The molecule has 2 aliphatic rings. The second kappa shape index (κ2) is 3.97. The first kappa shape index (κ1) is 12.3. The molecular formula is C14H20O3. The summed E-state index contributed by atoms with van der Waals surface area (Å²) in [5.41, 5.74) is -0.0311. The third-order valence-corrected chi connectivity index (χ3v) is 4.51. The number of hydrogen-bond acceptors (Lipinski definition) is 3. The average molecular weight is 236 g/mol. The first-order valence-corrected chi connectivity index (χ1v) is 6.28. The average Bonchev–Trinajstić information content (AvgIpc) is 2.30. The molecule has 2 aliphatic carbocycles. The van der Waals surface area contributed by atoms with E-state index in [0.29, 0.717) is 6.42 Å². The number of rotatable bonds is 1. The first-order valence-electron chi connectivity index (χ1n) is 6.28. The van der Waals surface area contributed by atoms with E-state index in [1.165, 1.54) is 7.11 Å². The number of methoxy groups -OCH3 is 1. The number of esters is 1. The molecule has 0 spiro atoms. The maximum Gasteiger partial charge on any atom is 0.315 e. The van der Waals surface area contributed by atoms with Crippen molar-refractivity contribution in [2.45, 2.75) is 46.0 Å². The summed E-state index contributed by atoms with van der Waals surface area (Å²) in [6.07, 6.45) is 6.02. The van der Waals surface area contributed by atoms with Crippen LogP contribution >= 0.6 is 0 Å². The Labute approximate surface area is 102 Å². The van der Waals surface area contributed by atoms with Crippen molar-refractivity contribution in [3.05, 3.63) is 11.6 Å². The van der Waals surface area contributed by atoms with Gasteiger partial charge in [-0.05, 0) is 38.7 Å². The maximum atomic E-state index is 12.2. The van der Waals surface area contributed by atoms with Crippen LogP contribution in [-0.4, -0.2) is 18.9 Å². The zero-order chi connectivity index (χ0) is 12.7. The zero-order valence-electron chi connectivity index (χ0n) is 10.8. The lowest BCUT2D eigenvalue weighted by Gasteiger charge is -2.46. The summed E-state index contributed by atoms with van der Waals surface area (Å²) in [7, 11) is 1.42. The molecule has 0 radical (unpaired) electrons. The lowest BCUT2D eigenvalue weighted by Crippen LogP contribution is -2.47. The van der Waals surface area contributed by atoms with E-state index in [0.717, 1.165) is 31.3 Å². The Morgan fingerprint density at radius 1 is 1.35 bits per heavy atom. The fraction of sp³-hybridized carbons (Fsp3) is 0.714. The van der Waals surface area contributed by atoms with E-state index in [-0.39, 0.29) is 11.8 Å². The number of Topliss-reactive ketones (excluding diaryl/α,β-unsaturated/α-hetero) is 1. The second-order valence-electron chi connectivity index (χ2n) is 5.59. The summed E-state index contributed by atoms with van der Waals surface area (Å²) < 4.78 is 4.93. The van der Waals surface area contributed by atoms with Gasteiger partial charge in [0, 0.05) is 11.8 Å². The van der Waals surface area contributed by atoms with Crippen LogP contribution < -0.4 is 0 Å². The fourth-order valence-corrected chi connectivity index (χ4v) is 3.47. The molecular weight excluding hydrogens is 216 g/mol. The van der Waals surface area contributed by atoms with E-state index < -0.39 is 10.8 Å². The van der Waals surface area contributed by atoms with Crippen molar-refractivity contribution in [1.29, 1.82) is 0 Å². The molecule has 3 heteroatoms. The maximum absolute atomic E-state index is 12.2. The number of allylic oxidation sites excluding steroid dienone is 1. The molecule has 1 fully saturated rings. The monoisotopic (exact) mass is 236 g/mol. The van der Waals surface area contributed by atoms with E-state index in [9.17, 15) is 9.59 Å². The summed E-state index contributed by atoms with van der Waals surface area (Å²) >= 11 is 0. The standard InChI is InChI=1S/C14H20O3/c1-13-8-5-9-14(2,12(16)17-3)10(13)6-4-7-11(13)15/h6H,4-5,7-9H2,1-3H3. The predicted molar refractivity (Wildman–Crippen MR) is 64.4 cm³/mol. The summed E-state index contributed by atoms with van der Waals surface area (Å²) in [5, 5.41) is 0. The Morgan fingerprint density at radius 2 is 2.06 bits per heavy atom. The smallest absolute Gasteiger partial charge is 0.315 e. The molecule has 2 atom stereocenters. The number of carbonyl (C=O) groups is 2. The van der Waals surface area contributed by atoms with E-state index in [1.807, 2.05) is 13.8 Å². The predicted octanol–water partition coefficient (Wildman–Crippen LogP) is 2.65. The minimum Gasteiger partial charge on any atom is -0.468 e. The molecule has 0 aromatic heterocycles. The Hall–Kier alpha value is -1.12. The molecule has 3 nitrogen and oxygen atoms in total. The van der Waals surface area contributed by atoms with Crippen molar-refractivity contribution in [2.24, 2.45) is 10.8 Å². The molecule has 2 rings (SSSR count). The SMILES string of the molecule is COC(=O)C1(C)CCCC2(C)C(=O)CCC=C21. The number of ketones is 1. The highest BCUT2D eigenvalue weighted by atomic mass is 16.5. The van der Waals surface area contributed by atoms with Gasteiger partial charge in [-0.15, -0.1) is 0 Å². The molecule has 0 heterocycles. The normalized spacial score (nSPS) is 37.1. The lowest BCUT2D eigenvalue weighted by molar-refractivity contribution is -0.152. The largest absolute Gasteiger partial charge is 0.468 e. The van der Waals surface area contributed by atoms with Gasteiger partial charge in [0.15, 0.2) is 0 Å². The molecule has 2 unspecified atom stereocenters.